The van der Waals surface area contributed by atoms with Gasteiger partial charge in [0.15, 0.2) is 0 Å². The van der Waals surface area contributed by atoms with Crippen molar-refractivity contribution < 1.29 is 9.59 Å². The number of nitrogens with one attached hydrogen (secondary N) is 1. The Morgan fingerprint density at radius 3 is 2.78 bits per heavy atom. The van der Waals surface area contributed by atoms with Crippen molar-refractivity contribution in [3.63, 3.8) is 0 Å². The minimum atomic E-state index is -0.785. The van der Waals surface area contributed by atoms with Crippen molar-refractivity contribution in [2.45, 2.75) is 24.8 Å². The van der Waals surface area contributed by atoms with Gasteiger partial charge in [0.1, 0.15) is 5.54 Å². The number of carbonyl (C=O) groups is 2. The number of benzene rings is 1. The second-order valence-corrected chi connectivity index (χ2v) is 5.10. The summed E-state index contributed by atoms with van der Waals surface area (Å²) in [4.78, 5) is 25.4. The molecule has 94 valence electrons. The number of fused-ring (bicyclic) bond motifs is 1. The first-order valence-corrected chi connectivity index (χ1v) is 5.94. The topological polar surface area (TPSA) is 75.4 Å². The molecule has 1 aromatic carbocycles. The number of carbonyl (C=O) groups excluding carboxylic acids is 2. The lowest BCUT2D eigenvalue weighted by molar-refractivity contribution is -0.126. The van der Waals surface area contributed by atoms with E-state index in [4.69, 9.17) is 5.73 Å². The zero-order chi connectivity index (χ0) is 13.1. The van der Waals surface area contributed by atoms with Crippen molar-refractivity contribution in [1.29, 1.82) is 0 Å². The largest absolute Gasteiger partial charge is 0.399 e. The van der Waals surface area contributed by atoms with Gasteiger partial charge in [0.25, 0.3) is 5.91 Å². The molecular formula is C13H15N3O2. The van der Waals surface area contributed by atoms with E-state index in [2.05, 4.69) is 5.32 Å². The van der Waals surface area contributed by atoms with E-state index in [0.717, 1.165) is 11.1 Å². The molecule has 1 aliphatic heterocycles. The van der Waals surface area contributed by atoms with Crippen LogP contribution in [0.3, 0.4) is 0 Å². The van der Waals surface area contributed by atoms with E-state index in [1.807, 2.05) is 25.1 Å². The summed E-state index contributed by atoms with van der Waals surface area (Å²) in [6.45, 7) is 1.98. The maximum Gasteiger partial charge on any atom is 0.324 e. The first kappa shape index (κ1) is 11.1. The Morgan fingerprint density at radius 1 is 1.44 bits per heavy atom. The van der Waals surface area contributed by atoms with E-state index in [1.165, 1.54) is 4.90 Å². The first-order chi connectivity index (χ1) is 8.46. The molecule has 2 atom stereocenters. The number of amides is 3. The number of urea groups is 1. The molecule has 3 rings (SSSR count). The number of likely N-dealkylation sites (N-methyl/N-ethyl adjacent to an activating group) is 1. The monoisotopic (exact) mass is 245 g/mol. The summed E-state index contributed by atoms with van der Waals surface area (Å²) in [5.74, 6) is -0.234. The smallest absolute Gasteiger partial charge is 0.324 e. The van der Waals surface area contributed by atoms with Gasteiger partial charge in [0.05, 0.1) is 0 Å². The quantitative estimate of drug-likeness (QED) is 0.525. The molecule has 1 heterocycles. The lowest BCUT2D eigenvalue weighted by Crippen LogP contribution is -2.50. The second-order valence-electron chi connectivity index (χ2n) is 5.10. The molecule has 0 saturated carbocycles. The average Bonchev–Trinajstić information content (AvgIpc) is 2.72. The van der Waals surface area contributed by atoms with Crippen LogP contribution in [0.2, 0.25) is 0 Å². The Kier molecular flexibility index (Phi) is 2.00. The summed E-state index contributed by atoms with van der Waals surface area (Å²) in [6.07, 6.45) is 0.530. The van der Waals surface area contributed by atoms with Gasteiger partial charge >= 0.3 is 6.03 Å². The Balaban J connectivity index is 2.14. The molecule has 3 amide bonds. The lowest BCUT2D eigenvalue weighted by Gasteiger charge is -2.32. The van der Waals surface area contributed by atoms with E-state index in [1.54, 1.807) is 7.05 Å². The standard InChI is InChI=1S/C13H15N3O2/c1-7-10-4-3-9(14)5-8(10)6-13(7)11(17)15-12(18)16(13)2/h3-5,7H,6,14H2,1-2H3,(H,15,17,18). The summed E-state index contributed by atoms with van der Waals surface area (Å²) >= 11 is 0. The van der Waals surface area contributed by atoms with Gasteiger partial charge in [0.2, 0.25) is 0 Å². The maximum atomic E-state index is 12.2. The molecule has 0 bridgehead atoms. The van der Waals surface area contributed by atoms with Gasteiger partial charge < -0.3 is 10.6 Å². The Hall–Kier alpha value is -2.04. The molecule has 0 aromatic heterocycles. The number of nitrogens with two attached hydrogens (primary N) is 1. The molecule has 1 fully saturated rings. The third-order valence-corrected chi connectivity index (χ3v) is 4.33. The molecule has 18 heavy (non-hydrogen) atoms. The number of hydrogen-bond acceptors (Lipinski definition) is 3. The van der Waals surface area contributed by atoms with Gasteiger partial charge in [-0.05, 0) is 23.3 Å². The lowest BCUT2D eigenvalue weighted by atomic mass is 9.85. The van der Waals surface area contributed by atoms with Gasteiger partial charge in [0, 0.05) is 25.1 Å². The fourth-order valence-electron chi connectivity index (χ4n) is 3.21. The van der Waals surface area contributed by atoms with Crippen LogP contribution in [0.4, 0.5) is 10.5 Å². The number of hydrogen-bond donors (Lipinski definition) is 2. The van der Waals surface area contributed by atoms with Gasteiger partial charge in [-0.15, -0.1) is 0 Å². The summed E-state index contributed by atoms with van der Waals surface area (Å²) < 4.78 is 0. The van der Waals surface area contributed by atoms with Gasteiger partial charge in [-0.1, -0.05) is 13.0 Å². The van der Waals surface area contributed by atoms with Crippen LogP contribution in [0, 0.1) is 0 Å². The van der Waals surface area contributed by atoms with Crippen LogP contribution in [-0.4, -0.2) is 29.4 Å². The van der Waals surface area contributed by atoms with Crippen molar-refractivity contribution in [1.82, 2.24) is 10.2 Å². The minimum Gasteiger partial charge on any atom is -0.399 e. The second kappa shape index (κ2) is 3.25. The SMILES string of the molecule is CC1c2ccc(N)cc2CC12C(=O)NC(=O)N2C. The van der Waals surface area contributed by atoms with Crippen molar-refractivity contribution in [3.05, 3.63) is 29.3 Å². The highest BCUT2D eigenvalue weighted by atomic mass is 16.2. The number of rotatable bonds is 0. The average molecular weight is 245 g/mol. The highest BCUT2D eigenvalue weighted by Crippen LogP contribution is 2.46. The van der Waals surface area contributed by atoms with Gasteiger partial charge in [-0.2, -0.15) is 0 Å². The number of nitrogen functional groups attached to an aromatic ring is 1. The molecule has 0 radical (unpaired) electrons. The van der Waals surface area contributed by atoms with Crippen LogP contribution in [0.5, 0.6) is 0 Å². The molecule has 5 heteroatoms. The predicted molar refractivity (Wildman–Crippen MR) is 67.0 cm³/mol. The molecule has 2 aliphatic rings. The van der Waals surface area contributed by atoms with Crippen molar-refractivity contribution in [3.8, 4) is 0 Å². The van der Waals surface area contributed by atoms with Crippen LogP contribution >= 0.6 is 0 Å². The van der Waals surface area contributed by atoms with Crippen LogP contribution in [0.25, 0.3) is 0 Å². The number of imide groups is 1. The summed E-state index contributed by atoms with van der Waals surface area (Å²) in [5.41, 5.74) is 7.83. The molecule has 1 saturated heterocycles. The maximum absolute atomic E-state index is 12.2. The van der Waals surface area contributed by atoms with E-state index in [-0.39, 0.29) is 17.9 Å². The third kappa shape index (κ3) is 1.11. The van der Waals surface area contributed by atoms with Crippen molar-refractivity contribution in [2.75, 3.05) is 12.8 Å². The number of nitrogens with zero attached hydrogens (tertiary/aromatic N) is 1. The molecule has 1 spiro atoms. The Bertz CT molecular complexity index is 569. The highest BCUT2D eigenvalue weighted by molar-refractivity contribution is 6.08. The van der Waals surface area contributed by atoms with Crippen LogP contribution in [0.1, 0.15) is 24.0 Å². The highest BCUT2D eigenvalue weighted by Gasteiger charge is 2.58. The molecule has 2 unspecified atom stereocenters. The zero-order valence-electron chi connectivity index (χ0n) is 10.4. The molecule has 3 N–H and O–H groups in total. The summed E-state index contributed by atoms with van der Waals surface area (Å²) in [5, 5.41) is 2.40. The molecular weight excluding hydrogens is 230 g/mol. The van der Waals surface area contributed by atoms with Crippen molar-refractivity contribution >= 4 is 17.6 Å². The van der Waals surface area contributed by atoms with E-state index >= 15 is 0 Å². The third-order valence-electron chi connectivity index (χ3n) is 4.33. The predicted octanol–water partition coefficient (Wildman–Crippen LogP) is 0.849. The zero-order valence-corrected chi connectivity index (χ0v) is 10.4. The van der Waals surface area contributed by atoms with Crippen LogP contribution in [-0.2, 0) is 11.2 Å². The Labute approximate surface area is 105 Å². The minimum absolute atomic E-state index is 0.0236. The molecule has 5 nitrogen and oxygen atoms in total. The van der Waals surface area contributed by atoms with E-state index < -0.39 is 5.54 Å². The van der Waals surface area contributed by atoms with Gasteiger partial charge in [-0.3, -0.25) is 10.1 Å². The van der Waals surface area contributed by atoms with E-state index in [9.17, 15) is 9.59 Å². The van der Waals surface area contributed by atoms with E-state index in [0.29, 0.717) is 12.1 Å². The molecule has 1 aliphatic carbocycles. The number of anilines is 1. The summed E-state index contributed by atoms with van der Waals surface area (Å²) in [7, 11) is 1.67. The van der Waals surface area contributed by atoms with Crippen LogP contribution in [0.15, 0.2) is 18.2 Å². The van der Waals surface area contributed by atoms with Crippen molar-refractivity contribution in [2.24, 2.45) is 0 Å². The summed E-state index contributed by atoms with van der Waals surface area (Å²) in [6, 6.07) is 5.36. The fourth-order valence-corrected chi connectivity index (χ4v) is 3.21. The molecule has 1 aromatic rings. The fraction of sp³-hybridized carbons (Fsp3) is 0.385. The first-order valence-electron chi connectivity index (χ1n) is 5.94. The van der Waals surface area contributed by atoms with Crippen LogP contribution < -0.4 is 11.1 Å². The Morgan fingerprint density at radius 2 is 2.17 bits per heavy atom. The van der Waals surface area contributed by atoms with Gasteiger partial charge in [-0.25, -0.2) is 4.79 Å². The normalized spacial score (nSPS) is 29.9.